The highest BCUT2D eigenvalue weighted by Crippen LogP contribution is 2.33. The quantitative estimate of drug-likeness (QED) is 0.758. The van der Waals surface area contributed by atoms with E-state index in [1.54, 1.807) is 4.90 Å². The Hall–Kier alpha value is -1.06. The van der Waals surface area contributed by atoms with Gasteiger partial charge in [0.2, 0.25) is 11.8 Å². The Morgan fingerprint density at radius 3 is 2.56 bits per heavy atom. The normalized spacial score (nSPS) is 39.3. The second-order valence-corrected chi connectivity index (χ2v) is 5.40. The van der Waals surface area contributed by atoms with Crippen molar-refractivity contribution in [2.75, 3.05) is 6.54 Å². The Bertz CT molecular complexity index is 323. The lowest BCUT2D eigenvalue weighted by Gasteiger charge is -2.47. The molecule has 90 valence electrons. The number of nitrogens with one attached hydrogen (secondary N) is 1. The first-order chi connectivity index (χ1) is 7.46. The molecule has 1 aliphatic carbocycles. The van der Waals surface area contributed by atoms with Crippen molar-refractivity contribution in [2.24, 2.45) is 5.92 Å². The smallest absolute Gasteiger partial charge is 0.248 e. The van der Waals surface area contributed by atoms with Crippen LogP contribution in [0, 0.1) is 5.92 Å². The van der Waals surface area contributed by atoms with Gasteiger partial charge in [0.05, 0.1) is 6.54 Å². The predicted octanol–water partition coefficient (Wildman–Crippen LogP) is 0.912. The van der Waals surface area contributed by atoms with Gasteiger partial charge in [0.25, 0.3) is 0 Å². The third-order valence-corrected chi connectivity index (χ3v) is 3.96. The molecule has 1 aliphatic heterocycles. The fourth-order valence-corrected chi connectivity index (χ4v) is 2.59. The maximum atomic E-state index is 12.3. The van der Waals surface area contributed by atoms with Crippen LogP contribution in [0.4, 0.5) is 0 Å². The molecule has 0 aromatic carbocycles. The summed E-state index contributed by atoms with van der Waals surface area (Å²) >= 11 is 0. The molecule has 1 N–H and O–H groups in total. The van der Waals surface area contributed by atoms with Crippen LogP contribution in [-0.2, 0) is 9.59 Å². The van der Waals surface area contributed by atoms with Crippen molar-refractivity contribution in [3.8, 4) is 0 Å². The number of hydrogen-bond acceptors (Lipinski definition) is 2. The lowest BCUT2D eigenvalue weighted by atomic mass is 9.79. The fourth-order valence-electron chi connectivity index (χ4n) is 2.59. The molecule has 4 nitrogen and oxygen atoms in total. The lowest BCUT2D eigenvalue weighted by Crippen LogP contribution is -2.68. The van der Waals surface area contributed by atoms with E-state index in [4.69, 9.17) is 0 Å². The van der Waals surface area contributed by atoms with Gasteiger partial charge in [-0.3, -0.25) is 9.59 Å². The van der Waals surface area contributed by atoms with Gasteiger partial charge in [-0.1, -0.05) is 13.8 Å². The predicted molar refractivity (Wildman–Crippen MR) is 60.7 cm³/mol. The minimum atomic E-state index is -0.686. The van der Waals surface area contributed by atoms with Crippen LogP contribution < -0.4 is 5.32 Å². The van der Waals surface area contributed by atoms with E-state index in [9.17, 15) is 9.59 Å². The standard InChI is InChI=1S/C12H20N2O2/c1-4-12(3)11(16)14(7-10(15)13-12)9-5-8(2)6-9/h8-9H,4-7H2,1-3H3,(H,13,15). The zero-order chi connectivity index (χ0) is 11.9. The summed E-state index contributed by atoms with van der Waals surface area (Å²) in [5.74, 6) is 0.755. The molecule has 16 heavy (non-hydrogen) atoms. The average Bonchev–Trinajstić information content (AvgIpc) is 2.19. The SMILES string of the molecule is CCC1(C)NC(=O)CN(C2CC(C)C2)C1=O. The summed E-state index contributed by atoms with van der Waals surface area (Å²) in [7, 11) is 0. The van der Waals surface area contributed by atoms with Crippen LogP contribution in [-0.4, -0.2) is 34.8 Å². The molecule has 0 radical (unpaired) electrons. The monoisotopic (exact) mass is 224 g/mol. The molecule has 1 saturated heterocycles. The van der Waals surface area contributed by atoms with Crippen LogP contribution in [0.1, 0.15) is 40.0 Å². The maximum absolute atomic E-state index is 12.3. The van der Waals surface area contributed by atoms with E-state index >= 15 is 0 Å². The van der Waals surface area contributed by atoms with Crippen molar-refractivity contribution in [2.45, 2.75) is 51.6 Å². The highest BCUT2D eigenvalue weighted by molar-refractivity contribution is 5.97. The molecule has 2 amide bonds. The number of carbonyl (C=O) groups excluding carboxylic acids is 2. The fraction of sp³-hybridized carbons (Fsp3) is 0.833. The summed E-state index contributed by atoms with van der Waals surface area (Å²) in [6.07, 6.45) is 2.73. The Labute approximate surface area is 96.4 Å². The highest BCUT2D eigenvalue weighted by atomic mass is 16.2. The third-order valence-electron chi connectivity index (χ3n) is 3.96. The van der Waals surface area contributed by atoms with Gasteiger partial charge in [-0.25, -0.2) is 0 Å². The van der Waals surface area contributed by atoms with Crippen molar-refractivity contribution < 1.29 is 9.59 Å². The van der Waals surface area contributed by atoms with Crippen molar-refractivity contribution in [3.63, 3.8) is 0 Å². The minimum Gasteiger partial charge on any atom is -0.340 e. The van der Waals surface area contributed by atoms with Gasteiger partial charge in [0, 0.05) is 6.04 Å². The molecule has 0 aromatic rings. The number of hydrogen-bond donors (Lipinski definition) is 1. The molecule has 1 heterocycles. The molecule has 1 unspecified atom stereocenters. The van der Waals surface area contributed by atoms with Crippen molar-refractivity contribution in [3.05, 3.63) is 0 Å². The molecule has 4 heteroatoms. The number of amides is 2. The number of rotatable bonds is 2. The van der Waals surface area contributed by atoms with Crippen LogP contribution in [0.15, 0.2) is 0 Å². The summed E-state index contributed by atoms with van der Waals surface area (Å²) in [5.41, 5.74) is -0.686. The van der Waals surface area contributed by atoms with Gasteiger partial charge < -0.3 is 10.2 Å². The van der Waals surface area contributed by atoms with Gasteiger partial charge >= 0.3 is 0 Å². The van der Waals surface area contributed by atoms with Crippen molar-refractivity contribution in [1.82, 2.24) is 10.2 Å². The number of carbonyl (C=O) groups is 2. The van der Waals surface area contributed by atoms with Crippen LogP contribution >= 0.6 is 0 Å². The van der Waals surface area contributed by atoms with Gasteiger partial charge in [-0.2, -0.15) is 0 Å². The molecule has 2 fully saturated rings. The molecule has 0 aromatic heterocycles. The van der Waals surface area contributed by atoms with Gasteiger partial charge in [0.1, 0.15) is 5.54 Å². The van der Waals surface area contributed by atoms with Gasteiger partial charge in [-0.15, -0.1) is 0 Å². The highest BCUT2D eigenvalue weighted by Gasteiger charge is 2.46. The minimum absolute atomic E-state index is 0.0245. The van der Waals surface area contributed by atoms with Crippen LogP contribution in [0.3, 0.4) is 0 Å². The summed E-state index contributed by atoms with van der Waals surface area (Å²) in [6, 6.07) is 0.291. The Kier molecular flexibility index (Phi) is 2.68. The Morgan fingerprint density at radius 1 is 1.44 bits per heavy atom. The summed E-state index contributed by atoms with van der Waals surface area (Å²) < 4.78 is 0. The van der Waals surface area contributed by atoms with E-state index in [0.717, 1.165) is 12.8 Å². The molecule has 0 spiro atoms. The Balaban J connectivity index is 2.13. The first-order valence-corrected chi connectivity index (χ1v) is 6.08. The summed E-state index contributed by atoms with van der Waals surface area (Å²) in [4.78, 5) is 25.7. The largest absolute Gasteiger partial charge is 0.340 e. The molecule has 1 saturated carbocycles. The second kappa shape index (κ2) is 3.75. The molecule has 2 aliphatic rings. The van der Waals surface area contributed by atoms with Crippen LogP contribution in [0.25, 0.3) is 0 Å². The molecular weight excluding hydrogens is 204 g/mol. The van der Waals surface area contributed by atoms with E-state index < -0.39 is 5.54 Å². The van der Waals surface area contributed by atoms with Crippen molar-refractivity contribution >= 4 is 11.8 Å². The topological polar surface area (TPSA) is 49.4 Å². The lowest BCUT2D eigenvalue weighted by molar-refractivity contribution is -0.154. The number of piperazine rings is 1. The van der Waals surface area contributed by atoms with Gasteiger partial charge in [0.15, 0.2) is 0 Å². The number of nitrogens with zero attached hydrogens (tertiary/aromatic N) is 1. The van der Waals surface area contributed by atoms with E-state index in [2.05, 4.69) is 12.2 Å². The van der Waals surface area contributed by atoms with E-state index in [1.165, 1.54) is 0 Å². The van der Waals surface area contributed by atoms with E-state index in [1.807, 2.05) is 13.8 Å². The third kappa shape index (κ3) is 1.70. The van der Waals surface area contributed by atoms with Crippen molar-refractivity contribution in [1.29, 1.82) is 0 Å². The zero-order valence-electron chi connectivity index (χ0n) is 10.2. The van der Waals surface area contributed by atoms with Crippen LogP contribution in [0.2, 0.25) is 0 Å². The first-order valence-electron chi connectivity index (χ1n) is 6.08. The van der Waals surface area contributed by atoms with Crippen LogP contribution in [0.5, 0.6) is 0 Å². The maximum Gasteiger partial charge on any atom is 0.248 e. The van der Waals surface area contributed by atoms with Gasteiger partial charge in [-0.05, 0) is 32.1 Å². The molecular formula is C12H20N2O2. The molecule has 2 rings (SSSR count). The average molecular weight is 224 g/mol. The molecule has 1 atom stereocenters. The Morgan fingerprint density at radius 2 is 2.06 bits per heavy atom. The van der Waals surface area contributed by atoms with E-state index in [-0.39, 0.29) is 18.4 Å². The molecule has 0 bridgehead atoms. The zero-order valence-corrected chi connectivity index (χ0v) is 10.2. The summed E-state index contributed by atoms with van der Waals surface area (Å²) in [6.45, 7) is 6.18. The van der Waals surface area contributed by atoms with E-state index in [0.29, 0.717) is 18.4 Å². The first kappa shape index (κ1) is 11.4. The second-order valence-electron chi connectivity index (χ2n) is 5.40. The summed E-state index contributed by atoms with van der Waals surface area (Å²) in [5, 5.41) is 2.81.